The molecule has 0 atom stereocenters. The largest absolute Gasteiger partial charge is 0.455 e. The minimum absolute atomic E-state index is 0.555. The average Bonchev–Trinajstić information content (AvgIpc) is 1.74. The maximum absolute atomic E-state index is 7.26. The van der Waals surface area contributed by atoms with Crippen molar-refractivity contribution >= 4 is 65.6 Å². The summed E-state index contributed by atoms with van der Waals surface area (Å²) in [5.41, 5.74) is 21.5. The molecular weight excluding hydrogens is 1060 g/mol. The first-order valence-electron chi connectivity index (χ1n) is 29.5. The summed E-state index contributed by atoms with van der Waals surface area (Å²) in [6, 6.07) is 110. The second-order valence-corrected chi connectivity index (χ2v) is 22.2. The Morgan fingerprint density at radius 2 is 0.667 bits per heavy atom. The van der Waals surface area contributed by atoms with Crippen LogP contribution in [0.4, 0.5) is 0 Å². The number of nitrogens with zero attached hydrogens (tertiary/aromatic N) is 5. The summed E-state index contributed by atoms with van der Waals surface area (Å²) in [7, 11) is 0. The van der Waals surface area contributed by atoms with Gasteiger partial charge in [0.15, 0.2) is 17.5 Å². The summed E-state index contributed by atoms with van der Waals surface area (Å²) in [4.78, 5) is 16.5. The Bertz CT molecular complexity index is 5350. The molecule has 0 bridgehead atoms. The topological polar surface area (TPSA) is 61.7 Å². The van der Waals surface area contributed by atoms with Crippen molar-refractivity contribution in [3.05, 3.63) is 309 Å². The number of aromatic nitrogens is 5. The quantitative estimate of drug-likeness (QED) is 0.137. The number of hydrogen-bond donors (Lipinski definition) is 0. The van der Waals surface area contributed by atoms with Gasteiger partial charge >= 0.3 is 0 Å². The standard InChI is InChI=1S/C81H51N5O/c1-7-23-52(24-8-1)55-39-41-58(42-40-55)79-82-80(61-48-59(53-25-9-2-10-26-53)47-60(49-61)54-27-11-3-12-28-54)84-81(83-79)62-50-68(56-29-13-4-14-30-56)76(69(51-62)57-31-15-5-16-32-57)86-71-38-22-20-36-66(71)74-72(86)45-43-67-75-73(87-78(67)74)46-44-65-64-35-19-21-37-70(64)85(77(65)75)63-33-17-6-18-34-63/h1-51H. The highest BCUT2D eigenvalue weighted by Gasteiger charge is 2.27. The van der Waals surface area contributed by atoms with Crippen LogP contribution in [-0.4, -0.2) is 24.1 Å². The third-order valence-electron chi connectivity index (χ3n) is 17.1. The van der Waals surface area contributed by atoms with Gasteiger partial charge in [-0.2, -0.15) is 0 Å². The molecule has 0 N–H and O–H groups in total. The zero-order chi connectivity index (χ0) is 57.4. The summed E-state index contributed by atoms with van der Waals surface area (Å²) >= 11 is 0. The van der Waals surface area contributed by atoms with Crippen molar-refractivity contribution in [1.82, 2.24) is 24.1 Å². The lowest BCUT2D eigenvalue weighted by atomic mass is 9.92. The first-order chi connectivity index (χ1) is 43.1. The first-order valence-corrected chi connectivity index (χ1v) is 29.5. The fourth-order valence-corrected chi connectivity index (χ4v) is 13.1. The van der Waals surface area contributed by atoms with Gasteiger partial charge in [-0.05, 0) is 123 Å². The minimum Gasteiger partial charge on any atom is -0.455 e. The fourth-order valence-electron chi connectivity index (χ4n) is 13.1. The van der Waals surface area contributed by atoms with Gasteiger partial charge in [-0.1, -0.05) is 231 Å². The number of rotatable bonds is 10. The highest BCUT2D eigenvalue weighted by atomic mass is 16.3. The maximum atomic E-state index is 7.26. The Labute approximate surface area is 501 Å². The van der Waals surface area contributed by atoms with Crippen LogP contribution in [0.3, 0.4) is 0 Å². The molecule has 406 valence electrons. The Balaban J connectivity index is 0.932. The van der Waals surface area contributed by atoms with Crippen LogP contribution < -0.4 is 0 Å². The molecule has 0 saturated carbocycles. The summed E-state index contributed by atoms with van der Waals surface area (Å²) in [5, 5.41) is 6.68. The molecule has 17 rings (SSSR count). The van der Waals surface area contributed by atoms with Crippen LogP contribution in [0.2, 0.25) is 0 Å². The van der Waals surface area contributed by atoms with Crippen LogP contribution in [0.15, 0.2) is 314 Å². The van der Waals surface area contributed by atoms with E-state index in [2.05, 4.69) is 312 Å². The Morgan fingerprint density at radius 3 is 1.23 bits per heavy atom. The maximum Gasteiger partial charge on any atom is 0.164 e. The zero-order valence-corrected chi connectivity index (χ0v) is 47.1. The van der Waals surface area contributed by atoms with Crippen molar-refractivity contribution in [1.29, 1.82) is 0 Å². The van der Waals surface area contributed by atoms with Crippen molar-refractivity contribution in [2.45, 2.75) is 0 Å². The van der Waals surface area contributed by atoms with Crippen molar-refractivity contribution in [3.8, 4) is 101 Å². The summed E-state index contributed by atoms with van der Waals surface area (Å²) in [6.45, 7) is 0. The SMILES string of the molecule is c1ccc(-c2ccc(-c3nc(-c4cc(-c5ccccc5)cc(-c5ccccc5)c4)nc(-c4cc(-c5ccccc5)c(-n5c6ccccc6c6c7oc8ccc9c%10ccccc%10n(-c%10ccccc%10)c9c8c7ccc65)c(-c5ccccc5)c4)n3)cc2)cc1. The van der Waals surface area contributed by atoms with Crippen molar-refractivity contribution < 1.29 is 4.42 Å². The third-order valence-corrected chi connectivity index (χ3v) is 17.1. The van der Waals surface area contributed by atoms with E-state index in [0.717, 1.165) is 138 Å². The van der Waals surface area contributed by atoms with E-state index in [1.807, 2.05) is 6.07 Å². The lowest BCUT2D eigenvalue weighted by Crippen LogP contribution is -2.04. The van der Waals surface area contributed by atoms with Crippen LogP contribution >= 0.6 is 0 Å². The Kier molecular flexibility index (Phi) is 11.8. The predicted octanol–water partition coefficient (Wildman–Crippen LogP) is 21.3. The lowest BCUT2D eigenvalue weighted by molar-refractivity contribution is 0.673. The second-order valence-electron chi connectivity index (χ2n) is 22.2. The molecule has 13 aromatic carbocycles. The molecule has 6 nitrogen and oxygen atoms in total. The Hall–Kier alpha value is -11.7. The van der Waals surface area contributed by atoms with Gasteiger partial charge < -0.3 is 13.6 Å². The van der Waals surface area contributed by atoms with E-state index in [1.54, 1.807) is 0 Å². The van der Waals surface area contributed by atoms with Crippen LogP contribution in [-0.2, 0) is 0 Å². The molecule has 0 aliphatic rings. The summed E-state index contributed by atoms with van der Waals surface area (Å²) < 4.78 is 12.1. The monoisotopic (exact) mass is 1110 g/mol. The second kappa shape index (κ2) is 20.6. The van der Waals surface area contributed by atoms with Crippen molar-refractivity contribution in [2.24, 2.45) is 0 Å². The van der Waals surface area contributed by atoms with Gasteiger partial charge in [0.25, 0.3) is 0 Å². The van der Waals surface area contributed by atoms with Gasteiger partial charge in [0.1, 0.15) is 11.2 Å². The van der Waals surface area contributed by atoms with E-state index >= 15 is 0 Å². The van der Waals surface area contributed by atoms with Gasteiger partial charge in [0, 0.05) is 55.0 Å². The molecule has 0 unspecified atom stereocenters. The molecular formula is C81H51N5O. The Morgan fingerprint density at radius 1 is 0.253 bits per heavy atom. The van der Waals surface area contributed by atoms with Crippen LogP contribution in [0.1, 0.15) is 0 Å². The van der Waals surface area contributed by atoms with Gasteiger partial charge in [-0.15, -0.1) is 0 Å². The molecule has 87 heavy (non-hydrogen) atoms. The van der Waals surface area contributed by atoms with E-state index in [9.17, 15) is 0 Å². The van der Waals surface area contributed by atoms with Gasteiger partial charge in [-0.25, -0.2) is 15.0 Å². The predicted molar refractivity (Wildman–Crippen MR) is 359 cm³/mol. The lowest BCUT2D eigenvalue weighted by Gasteiger charge is -2.21. The number of furan rings is 1. The molecule has 6 heteroatoms. The highest BCUT2D eigenvalue weighted by Crippen LogP contribution is 2.48. The fraction of sp³-hybridized carbons (Fsp3) is 0. The normalized spacial score (nSPS) is 11.7. The molecule has 0 spiro atoms. The number of fused-ring (bicyclic) bond motifs is 11. The third kappa shape index (κ3) is 8.45. The van der Waals surface area contributed by atoms with Crippen LogP contribution in [0.5, 0.6) is 0 Å². The number of para-hydroxylation sites is 3. The van der Waals surface area contributed by atoms with Crippen molar-refractivity contribution in [3.63, 3.8) is 0 Å². The average molecular weight is 1110 g/mol. The van der Waals surface area contributed by atoms with Crippen molar-refractivity contribution in [2.75, 3.05) is 0 Å². The van der Waals surface area contributed by atoms with Crippen LogP contribution in [0.25, 0.3) is 167 Å². The number of benzene rings is 13. The molecule has 4 aromatic heterocycles. The molecule has 0 aliphatic heterocycles. The van der Waals surface area contributed by atoms with E-state index in [4.69, 9.17) is 19.4 Å². The van der Waals surface area contributed by atoms with E-state index in [-0.39, 0.29) is 0 Å². The van der Waals surface area contributed by atoms with Gasteiger partial charge in [0.2, 0.25) is 0 Å². The molecule has 0 fully saturated rings. The first kappa shape index (κ1) is 49.8. The number of hydrogen-bond acceptors (Lipinski definition) is 4. The van der Waals surface area contributed by atoms with E-state index < -0.39 is 0 Å². The summed E-state index contributed by atoms with van der Waals surface area (Å²) in [5.74, 6) is 1.70. The molecule has 17 aromatic rings. The van der Waals surface area contributed by atoms with Gasteiger partial charge in [-0.3, -0.25) is 0 Å². The molecule has 0 saturated heterocycles. The van der Waals surface area contributed by atoms with E-state index in [1.165, 1.54) is 10.8 Å². The molecule has 0 aliphatic carbocycles. The van der Waals surface area contributed by atoms with E-state index in [0.29, 0.717) is 17.5 Å². The highest BCUT2D eigenvalue weighted by molar-refractivity contribution is 6.30. The van der Waals surface area contributed by atoms with Gasteiger partial charge in [0.05, 0.1) is 38.5 Å². The van der Waals surface area contributed by atoms with Crippen LogP contribution in [0, 0.1) is 0 Å². The zero-order valence-electron chi connectivity index (χ0n) is 47.1. The molecule has 0 radical (unpaired) electrons. The molecule has 4 heterocycles. The smallest absolute Gasteiger partial charge is 0.164 e. The molecule has 0 amide bonds. The summed E-state index contributed by atoms with van der Waals surface area (Å²) in [6.07, 6.45) is 0. The minimum atomic E-state index is 0.555.